The summed E-state index contributed by atoms with van der Waals surface area (Å²) in [6.45, 7) is 2.77. The van der Waals surface area contributed by atoms with E-state index in [0.29, 0.717) is 36.2 Å². The van der Waals surface area contributed by atoms with Gasteiger partial charge in [0.15, 0.2) is 29.6 Å². The molecule has 4 fully saturated rings. The summed E-state index contributed by atoms with van der Waals surface area (Å²) in [5, 5.41) is 0. The molecular formula is C28H32F2O4. The topological polar surface area (TPSA) is 52.6 Å². The molecule has 0 N–H and O–H groups in total. The highest BCUT2D eigenvalue weighted by Gasteiger charge is 2.76. The Kier molecular flexibility index (Phi) is 5.00. The maximum absolute atomic E-state index is 14.1. The van der Waals surface area contributed by atoms with Crippen LogP contribution in [0.5, 0.6) is 0 Å². The SMILES string of the molecule is CC1(c2ccc(F)cc2)OC2CC3C4CCC5=CC(=O)CCC5C4CCC3(C)C2(C(=O)CF)O1. The zero-order valence-electron chi connectivity index (χ0n) is 19.8. The van der Waals surface area contributed by atoms with Crippen molar-refractivity contribution >= 4 is 11.6 Å². The number of ether oxygens (including phenoxy) is 2. The summed E-state index contributed by atoms with van der Waals surface area (Å²) < 4.78 is 40.8. The molecule has 0 radical (unpaired) electrons. The molecule has 0 spiro atoms. The molecule has 1 saturated heterocycles. The van der Waals surface area contributed by atoms with E-state index in [1.807, 2.05) is 6.08 Å². The number of fused-ring (bicyclic) bond motifs is 7. The standard InChI is InChI=1S/C28H32F2O4/c1-26-12-11-21-20-10-8-19(31)13-16(20)3-9-22(21)23(26)14-25-28(26,24(32)15-29)34-27(2,33-25)17-4-6-18(30)7-5-17/h4-7,13,20-23,25H,3,8-12,14-15H2,1-2H3. The average molecular weight is 471 g/mol. The number of carbonyl (C=O) groups is 2. The predicted octanol–water partition coefficient (Wildman–Crippen LogP) is 5.44. The van der Waals surface area contributed by atoms with Crippen molar-refractivity contribution in [3.63, 3.8) is 0 Å². The van der Waals surface area contributed by atoms with Gasteiger partial charge in [0.2, 0.25) is 0 Å². The Bertz CT molecular complexity index is 1070. The monoisotopic (exact) mass is 470 g/mol. The first-order chi connectivity index (χ1) is 16.2. The van der Waals surface area contributed by atoms with Crippen LogP contribution in [0.1, 0.15) is 64.4 Å². The van der Waals surface area contributed by atoms with Crippen LogP contribution in [0.2, 0.25) is 0 Å². The van der Waals surface area contributed by atoms with Crippen molar-refractivity contribution in [2.75, 3.05) is 6.67 Å². The third-order valence-electron chi connectivity index (χ3n) is 10.1. The molecule has 34 heavy (non-hydrogen) atoms. The van der Waals surface area contributed by atoms with Crippen LogP contribution in [0.15, 0.2) is 35.9 Å². The molecule has 0 aromatic heterocycles. The lowest BCUT2D eigenvalue weighted by molar-refractivity contribution is -0.227. The number of rotatable bonds is 3. The lowest BCUT2D eigenvalue weighted by Gasteiger charge is -2.55. The fourth-order valence-electron chi connectivity index (χ4n) is 8.61. The van der Waals surface area contributed by atoms with E-state index in [1.165, 1.54) is 17.7 Å². The van der Waals surface area contributed by atoms with E-state index in [1.54, 1.807) is 19.1 Å². The van der Waals surface area contributed by atoms with Gasteiger partial charge in [0.05, 0.1) is 6.10 Å². The van der Waals surface area contributed by atoms with Gasteiger partial charge in [0, 0.05) is 17.4 Å². The summed E-state index contributed by atoms with van der Waals surface area (Å²) in [6.07, 6.45) is 7.17. The van der Waals surface area contributed by atoms with Crippen molar-refractivity contribution in [3.8, 4) is 0 Å². The van der Waals surface area contributed by atoms with Crippen molar-refractivity contribution in [2.24, 2.45) is 29.1 Å². The second-order valence-electron chi connectivity index (χ2n) is 11.4. The van der Waals surface area contributed by atoms with E-state index < -0.39 is 35.4 Å². The summed E-state index contributed by atoms with van der Waals surface area (Å²) in [5.74, 6) is -0.342. The van der Waals surface area contributed by atoms with Crippen LogP contribution in [-0.2, 0) is 24.8 Å². The zero-order valence-corrected chi connectivity index (χ0v) is 19.8. The molecule has 0 bridgehead atoms. The molecule has 8 unspecified atom stereocenters. The molecule has 4 nitrogen and oxygen atoms in total. The largest absolute Gasteiger partial charge is 0.339 e. The summed E-state index contributed by atoms with van der Waals surface area (Å²) in [5.41, 5.74) is 0.0534. The van der Waals surface area contributed by atoms with Gasteiger partial charge in [-0.1, -0.05) is 24.6 Å². The first kappa shape index (κ1) is 22.5. The molecule has 6 heteroatoms. The number of benzene rings is 1. The quantitative estimate of drug-likeness (QED) is 0.590. The van der Waals surface area contributed by atoms with Crippen molar-refractivity contribution in [1.82, 2.24) is 0 Å². The number of halogens is 2. The maximum Gasteiger partial charge on any atom is 0.198 e. The summed E-state index contributed by atoms with van der Waals surface area (Å²) >= 11 is 0. The van der Waals surface area contributed by atoms with Crippen molar-refractivity contribution in [3.05, 3.63) is 47.3 Å². The second kappa shape index (κ2) is 7.54. The third kappa shape index (κ3) is 2.87. The second-order valence-corrected chi connectivity index (χ2v) is 11.4. The highest BCUT2D eigenvalue weighted by atomic mass is 19.1. The Morgan fingerprint density at radius 2 is 1.85 bits per heavy atom. The van der Waals surface area contributed by atoms with Gasteiger partial charge in [-0.15, -0.1) is 0 Å². The van der Waals surface area contributed by atoms with Crippen molar-refractivity contribution in [2.45, 2.75) is 76.3 Å². The van der Waals surface area contributed by atoms with E-state index in [4.69, 9.17) is 9.47 Å². The minimum absolute atomic E-state index is 0.198. The zero-order chi connectivity index (χ0) is 23.9. The number of alkyl halides is 1. The van der Waals surface area contributed by atoms with Gasteiger partial charge in [-0.05, 0) is 87.3 Å². The number of hydrogen-bond acceptors (Lipinski definition) is 4. The molecule has 1 aliphatic heterocycles. The molecule has 182 valence electrons. The summed E-state index contributed by atoms with van der Waals surface area (Å²) in [6, 6.07) is 5.92. The molecule has 1 heterocycles. The minimum Gasteiger partial charge on any atom is -0.339 e. The number of allylic oxidation sites excluding steroid dienone is 1. The summed E-state index contributed by atoms with van der Waals surface area (Å²) in [7, 11) is 0. The Balaban J connectivity index is 1.37. The molecule has 6 rings (SSSR count). The van der Waals surface area contributed by atoms with Crippen LogP contribution in [0, 0.1) is 34.9 Å². The summed E-state index contributed by atoms with van der Waals surface area (Å²) in [4.78, 5) is 25.4. The van der Waals surface area contributed by atoms with Crippen LogP contribution >= 0.6 is 0 Å². The number of Topliss-reactive ketones (excluding diaryl/α,β-unsaturated/α-hetero) is 1. The van der Waals surface area contributed by atoms with E-state index >= 15 is 0 Å². The molecule has 8 atom stereocenters. The smallest absolute Gasteiger partial charge is 0.198 e. The number of carbonyl (C=O) groups excluding carboxylic acids is 2. The molecule has 5 aliphatic rings. The van der Waals surface area contributed by atoms with Gasteiger partial charge in [-0.25, -0.2) is 8.78 Å². The van der Waals surface area contributed by atoms with Crippen LogP contribution < -0.4 is 0 Å². The normalized spacial score (nSPS) is 45.1. The number of ketones is 2. The van der Waals surface area contributed by atoms with Gasteiger partial charge < -0.3 is 9.47 Å². The minimum atomic E-state index is -1.35. The maximum atomic E-state index is 14.1. The fourth-order valence-corrected chi connectivity index (χ4v) is 8.61. The van der Waals surface area contributed by atoms with Gasteiger partial charge >= 0.3 is 0 Å². The molecule has 3 saturated carbocycles. The molecule has 4 aliphatic carbocycles. The van der Waals surface area contributed by atoms with Crippen molar-refractivity contribution in [1.29, 1.82) is 0 Å². The van der Waals surface area contributed by atoms with Gasteiger partial charge in [-0.2, -0.15) is 0 Å². The lowest BCUT2D eigenvalue weighted by Crippen LogP contribution is -2.60. The molecule has 1 aromatic rings. The van der Waals surface area contributed by atoms with Crippen LogP contribution in [-0.4, -0.2) is 29.9 Å². The highest BCUT2D eigenvalue weighted by Crippen LogP contribution is 2.69. The molecule has 0 amide bonds. The van der Waals surface area contributed by atoms with E-state index in [-0.39, 0.29) is 17.5 Å². The Morgan fingerprint density at radius 3 is 2.59 bits per heavy atom. The van der Waals surface area contributed by atoms with Crippen LogP contribution in [0.25, 0.3) is 0 Å². The average Bonchev–Trinajstić information content (AvgIpc) is 3.26. The van der Waals surface area contributed by atoms with Crippen molar-refractivity contribution < 1.29 is 27.8 Å². The predicted molar refractivity (Wildman–Crippen MR) is 121 cm³/mol. The first-order valence-electron chi connectivity index (χ1n) is 12.7. The van der Waals surface area contributed by atoms with E-state index in [2.05, 4.69) is 6.92 Å². The van der Waals surface area contributed by atoms with E-state index in [0.717, 1.165) is 32.1 Å². The fraction of sp³-hybridized carbons (Fsp3) is 0.643. The lowest BCUT2D eigenvalue weighted by atomic mass is 9.50. The highest BCUT2D eigenvalue weighted by molar-refractivity contribution is 5.92. The van der Waals surface area contributed by atoms with E-state index in [9.17, 15) is 18.4 Å². The van der Waals surface area contributed by atoms with Crippen LogP contribution in [0.4, 0.5) is 8.78 Å². The van der Waals surface area contributed by atoms with Gasteiger partial charge in [0.25, 0.3) is 0 Å². The van der Waals surface area contributed by atoms with Crippen LogP contribution in [0.3, 0.4) is 0 Å². The Hall–Kier alpha value is -1.92. The molecule has 1 aromatic carbocycles. The Morgan fingerprint density at radius 1 is 1.09 bits per heavy atom. The Labute approximate surface area is 199 Å². The van der Waals surface area contributed by atoms with Gasteiger partial charge in [0.1, 0.15) is 5.82 Å². The first-order valence-corrected chi connectivity index (χ1v) is 12.7. The number of hydrogen-bond donors (Lipinski definition) is 0. The third-order valence-corrected chi connectivity index (χ3v) is 10.1. The van der Waals surface area contributed by atoms with Gasteiger partial charge in [-0.3, -0.25) is 9.59 Å². The molecular weight excluding hydrogens is 438 g/mol.